The molecule has 1 aliphatic rings. The van der Waals surface area contributed by atoms with E-state index < -0.39 is 0 Å². The summed E-state index contributed by atoms with van der Waals surface area (Å²) < 4.78 is 13.7. The highest BCUT2D eigenvalue weighted by atomic mass is 19.1. The third-order valence-corrected chi connectivity index (χ3v) is 4.17. The molecule has 3 nitrogen and oxygen atoms in total. The van der Waals surface area contributed by atoms with Crippen molar-refractivity contribution in [2.75, 3.05) is 6.54 Å². The van der Waals surface area contributed by atoms with Crippen molar-refractivity contribution in [1.29, 1.82) is 0 Å². The van der Waals surface area contributed by atoms with Crippen molar-refractivity contribution in [2.45, 2.75) is 37.5 Å². The average Bonchev–Trinajstić information content (AvgIpc) is 2.85. The Kier molecular flexibility index (Phi) is 2.82. The largest absolute Gasteiger partial charge is 0.341 e. The van der Waals surface area contributed by atoms with E-state index in [9.17, 15) is 4.39 Å². The van der Waals surface area contributed by atoms with Crippen LogP contribution in [0.3, 0.4) is 0 Å². The Bertz CT molecular complexity index is 555. The maximum atomic E-state index is 13.7. The molecule has 1 heterocycles. The number of aromatic amines is 1. The summed E-state index contributed by atoms with van der Waals surface area (Å²) in [5.41, 5.74) is 7.10. The van der Waals surface area contributed by atoms with Crippen LogP contribution in [0.15, 0.2) is 18.2 Å². The predicted molar refractivity (Wildman–Crippen MR) is 69.9 cm³/mol. The highest BCUT2D eigenvalue weighted by molar-refractivity contribution is 5.75. The second-order valence-electron chi connectivity index (χ2n) is 5.27. The Morgan fingerprint density at radius 3 is 2.72 bits per heavy atom. The number of nitrogens with one attached hydrogen (secondary N) is 1. The molecule has 96 valence electrons. The number of hydrogen-bond donors (Lipinski definition) is 2. The summed E-state index contributed by atoms with van der Waals surface area (Å²) in [6.07, 6.45) is 5.71. The molecule has 0 unspecified atom stereocenters. The summed E-state index contributed by atoms with van der Waals surface area (Å²) in [7, 11) is 0. The van der Waals surface area contributed by atoms with Gasteiger partial charge in [0.25, 0.3) is 0 Å². The van der Waals surface area contributed by atoms with Gasteiger partial charge in [-0.25, -0.2) is 9.37 Å². The Balaban J connectivity index is 2.09. The van der Waals surface area contributed by atoms with Crippen LogP contribution < -0.4 is 5.73 Å². The van der Waals surface area contributed by atoms with Crippen molar-refractivity contribution >= 4 is 11.0 Å². The van der Waals surface area contributed by atoms with Gasteiger partial charge >= 0.3 is 0 Å². The lowest BCUT2D eigenvalue weighted by Gasteiger charge is -2.34. The van der Waals surface area contributed by atoms with Crippen molar-refractivity contribution in [1.82, 2.24) is 9.97 Å². The van der Waals surface area contributed by atoms with Gasteiger partial charge in [0.05, 0.1) is 5.52 Å². The molecule has 3 rings (SSSR count). The van der Waals surface area contributed by atoms with Crippen molar-refractivity contribution in [3.8, 4) is 0 Å². The fourth-order valence-electron chi connectivity index (χ4n) is 3.01. The monoisotopic (exact) mass is 247 g/mol. The number of nitrogens with zero attached hydrogens (tertiary/aromatic N) is 1. The van der Waals surface area contributed by atoms with E-state index in [1.807, 2.05) is 6.07 Å². The summed E-state index contributed by atoms with van der Waals surface area (Å²) in [5.74, 6) is 0.600. The van der Waals surface area contributed by atoms with E-state index in [1.165, 1.54) is 25.3 Å². The van der Waals surface area contributed by atoms with Crippen LogP contribution in [0.25, 0.3) is 11.0 Å². The lowest BCUT2D eigenvalue weighted by molar-refractivity contribution is 0.288. The van der Waals surface area contributed by atoms with Crippen molar-refractivity contribution in [2.24, 2.45) is 5.73 Å². The lowest BCUT2D eigenvalue weighted by Crippen LogP contribution is -2.38. The molecule has 0 bridgehead atoms. The summed E-state index contributed by atoms with van der Waals surface area (Å²) in [5, 5.41) is 0. The van der Waals surface area contributed by atoms with Gasteiger partial charge in [-0.15, -0.1) is 0 Å². The van der Waals surface area contributed by atoms with Gasteiger partial charge in [-0.2, -0.15) is 0 Å². The topological polar surface area (TPSA) is 54.7 Å². The zero-order chi connectivity index (χ0) is 12.6. The van der Waals surface area contributed by atoms with E-state index in [4.69, 9.17) is 5.73 Å². The zero-order valence-corrected chi connectivity index (χ0v) is 10.4. The minimum atomic E-state index is -0.266. The summed E-state index contributed by atoms with van der Waals surface area (Å²) >= 11 is 0. The Morgan fingerprint density at radius 2 is 2.06 bits per heavy atom. The van der Waals surface area contributed by atoms with E-state index in [2.05, 4.69) is 9.97 Å². The van der Waals surface area contributed by atoms with Crippen LogP contribution in [0.2, 0.25) is 0 Å². The molecule has 1 aromatic carbocycles. The molecule has 0 spiro atoms. The minimum Gasteiger partial charge on any atom is -0.341 e. The molecule has 4 heteroatoms. The standard InChI is InChI=1S/C14H18FN3/c15-10-5-4-6-11-12(10)18-13(17-11)14(9-16)7-2-1-3-8-14/h4-6H,1-3,7-9,16H2,(H,17,18). The molecule has 0 radical (unpaired) electrons. The SMILES string of the molecule is NCC1(c2nc3c(F)cccc3[nH]2)CCCCC1. The number of hydrogen-bond acceptors (Lipinski definition) is 2. The molecule has 3 N–H and O–H groups in total. The maximum absolute atomic E-state index is 13.7. The third-order valence-electron chi connectivity index (χ3n) is 4.17. The van der Waals surface area contributed by atoms with E-state index >= 15 is 0 Å². The number of nitrogens with two attached hydrogens (primary N) is 1. The number of halogens is 1. The first kappa shape index (κ1) is 11.7. The van der Waals surface area contributed by atoms with Crippen LogP contribution in [0.1, 0.15) is 37.9 Å². The number of rotatable bonds is 2. The van der Waals surface area contributed by atoms with Crippen LogP contribution in [0, 0.1) is 5.82 Å². The molecule has 18 heavy (non-hydrogen) atoms. The molecule has 0 amide bonds. The van der Waals surface area contributed by atoms with Crippen molar-refractivity contribution in [3.05, 3.63) is 29.8 Å². The van der Waals surface area contributed by atoms with E-state index in [-0.39, 0.29) is 11.2 Å². The van der Waals surface area contributed by atoms with Crippen LogP contribution in [0.4, 0.5) is 4.39 Å². The van der Waals surface area contributed by atoms with Gasteiger partial charge in [0.1, 0.15) is 11.3 Å². The average molecular weight is 247 g/mol. The molecule has 1 aliphatic carbocycles. The van der Waals surface area contributed by atoms with Crippen molar-refractivity contribution < 1.29 is 4.39 Å². The van der Waals surface area contributed by atoms with E-state index in [0.29, 0.717) is 12.1 Å². The molecule has 0 saturated heterocycles. The second-order valence-corrected chi connectivity index (χ2v) is 5.27. The molecule has 0 aliphatic heterocycles. The minimum absolute atomic E-state index is 0.0797. The summed E-state index contributed by atoms with van der Waals surface area (Å²) in [6, 6.07) is 5.01. The normalized spacial score (nSPS) is 19.2. The number of H-pyrrole nitrogens is 1. The highest BCUT2D eigenvalue weighted by Crippen LogP contribution is 2.38. The third kappa shape index (κ3) is 1.72. The fourth-order valence-corrected chi connectivity index (χ4v) is 3.01. The van der Waals surface area contributed by atoms with Crippen LogP contribution in [0.5, 0.6) is 0 Å². The van der Waals surface area contributed by atoms with E-state index in [0.717, 1.165) is 24.2 Å². The van der Waals surface area contributed by atoms with Crippen molar-refractivity contribution in [3.63, 3.8) is 0 Å². The number of fused-ring (bicyclic) bond motifs is 1. The Hall–Kier alpha value is -1.42. The van der Waals surface area contributed by atoms with Gasteiger partial charge in [0.2, 0.25) is 0 Å². The summed E-state index contributed by atoms with van der Waals surface area (Å²) in [4.78, 5) is 7.74. The fraction of sp³-hybridized carbons (Fsp3) is 0.500. The number of benzene rings is 1. The number of imidazole rings is 1. The highest BCUT2D eigenvalue weighted by Gasteiger charge is 2.35. The molecule has 1 fully saturated rings. The van der Waals surface area contributed by atoms with E-state index in [1.54, 1.807) is 6.07 Å². The predicted octanol–water partition coefficient (Wildman–Crippen LogP) is 2.86. The quantitative estimate of drug-likeness (QED) is 0.857. The maximum Gasteiger partial charge on any atom is 0.151 e. The molecule has 0 atom stereocenters. The van der Waals surface area contributed by atoms with Crippen LogP contribution in [-0.2, 0) is 5.41 Å². The molecule has 2 aromatic rings. The zero-order valence-electron chi connectivity index (χ0n) is 10.4. The number of para-hydroxylation sites is 1. The van der Waals surface area contributed by atoms with Crippen LogP contribution >= 0.6 is 0 Å². The lowest BCUT2D eigenvalue weighted by atomic mass is 9.73. The number of aromatic nitrogens is 2. The van der Waals surface area contributed by atoms with Gasteiger partial charge in [0, 0.05) is 12.0 Å². The first-order valence-electron chi connectivity index (χ1n) is 6.60. The first-order valence-corrected chi connectivity index (χ1v) is 6.60. The van der Waals surface area contributed by atoms with Gasteiger partial charge in [-0.05, 0) is 25.0 Å². The van der Waals surface area contributed by atoms with Crippen LogP contribution in [-0.4, -0.2) is 16.5 Å². The molecule has 1 aromatic heterocycles. The molecule has 1 saturated carbocycles. The first-order chi connectivity index (χ1) is 8.75. The molecular formula is C14H18FN3. The summed E-state index contributed by atoms with van der Waals surface area (Å²) in [6.45, 7) is 0.578. The Labute approximate surface area is 106 Å². The smallest absolute Gasteiger partial charge is 0.151 e. The van der Waals surface area contributed by atoms with Gasteiger partial charge in [-0.3, -0.25) is 0 Å². The Morgan fingerprint density at radius 1 is 1.28 bits per heavy atom. The van der Waals surface area contributed by atoms with Gasteiger partial charge < -0.3 is 10.7 Å². The van der Waals surface area contributed by atoms with Gasteiger partial charge in [-0.1, -0.05) is 25.3 Å². The van der Waals surface area contributed by atoms with Gasteiger partial charge in [0.15, 0.2) is 5.82 Å². The second kappa shape index (κ2) is 4.35. The molecular weight excluding hydrogens is 229 g/mol.